The lowest BCUT2D eigenvalue weighted by Crippen LogP contribution is -2.30. The van der Waals surface area contributed by atoms with Gasteiger partial charge in [-0.1, -0.05) is 35.3 Å². The number of aliphatic hydroxyl groups is 1. The number of hydrogen-bond acceptors (Lipinski definition) is 8. The number of carbonyl (C=O) groups excluding carboxylic acids is 2. The lowest BCUT2D eigenvalue weighted by molar-refractivity contribution is -0.124. The Balaban J connectivity index is 0.000000189. The molecule has 2 aromatic carbocycles. The van der Waals surface area contributed by atoms with Gasteiger partial charge in [0.2, 0.25) is 0 Å². The molecule has 3 unspecified atom stereocenters. The van der Waals surface area contributed by atoms with Gasteiger partial charge in [-0.2, -0.15) is 8.42 Å². The summed E-state index contributed by atoms with van der Waals surface area (Å²) in [4.78, 5) is 28.7. The lowest BCUT2D eigenvalue weighted by Gasteiger charge is -2.16. The minimum Gasteiger partial charge on any atom is -0.509 e. The van der Waals surface area contributed by atoms with Crippen LogP contribution in [0.5, 0.6) is 0 Å². The third-order valence-electron chi connectivity index (χ3n) is 8.31. The number of benzene rings is 2. The van der Waals surface area contributed by atoms with Crippen LogP contribution in [0.25, 0.3) is 11.1 Å². The molecule has 4 heterocycles. The van der Waals surface area contributed by atoms with Crippen molar-refractivity contribution in [2.24, 2.45) is 0 Å². The molecule has 1 N–H and O–H groups in total. The Morgan fingerprint density at radius 1 is 0.830 bits per heavy atom. The van der Waals surface area contributed by atoms with Crippen molar-refractivity contribution in [1.82, 2.24) is 9.80 Å². The van der Waals surface area contributed by atoms with Gasteiger partial charge in [0, 0.05) is 44.9 Å². The van der Waals surface area contributed by atoms with Crippen LogP contribution in [0.4, 0.5) is 0 Å². The number of hydrogen-bond donors (Lipinski definition) is 1. The highest BCUT2D eigenvalue weighted by Crippen LogP contribution is 2.43. The average molecular weight is 748 g/mol. The Hall–Kier alpha value is -2.61. The number of fused-ring (bicyclic) bond motifs is 2. The summed E-state index contributed by atoms with van der Waals surface area (Å²) in [5.74, 6) is 0.106. The van der Waals surface area contributed by atoms with Gasteiger partial charge in [-0.3, -0.25) is 13.8 Å². The maximum absolute atomic E-state index is 12.8. The molecule has 4 aliphatic rings. The van der Waals surface area contributed by atoms with Gasteiger partial charge in [0.15, 0.2) is 5.76 Å². The molecule has 0 bridgehead atoms. The lowest BCUT2D eigenvalue weighted by atomic mass is 9.97. The number of carbonyl (C=O) groups is 2. The first-order valence-corrected chi connectivity index (χ1v) is 19.3. The van der Waals surface area contributed by atoms with Gasteiger partial charge >= 0.3 is 10.1 Å². The van der Waals surface area contributed by atoms with E-state index in [2.05, 4.69) is 4.18 Å². The normalized spacial score (nSPS) is 21.0. The van der Waals surface area contributed by atoms with E-state index in [9.17, 15) is 27.3 Å². The van der Waals surface area contributed by atoms with Crippen LogP contribution in [0, 0.1) is 27.7 Å². The van der Waals surface area contributed by atoms with Crippen LogP contribution in [-0.4, -0.2) is 77.9 Å². The second-order valence-electron chi connectivity index (χ2n) is 11.8. The summed E-state index contributed by atoms with van der Waals surface area (Å²) in [6.07, 6.45) is 4.31. The summed E-state index contributed by atoms with van der Waals surface area (Å²) in [6.45, 7) is 8.98. The highest BCUT2D eigenvalue weighted by molar-refractivity contribution is 8.04. The molecule has 256 valence electrons. The molecule has 0 aliphatic carbocycles. The van der Waals surface area contributed by atoms with Gasteiger partial charge in [-0.05, 0) is 87.8 Å². The van der Waals surface area contributed by atoms with Crippen molar-refractivity contribution >= 4 is 77.3 Å². The molecule has 0 radical (unpaired) electrons. The fourth-order valence-electron chi connectivity index (χ4n) is 6.60. The van der Waals surface area contributed by atoms with Gasteiger partial charge in [-0.15, -0.1) is 0 Å². The van der Waals surface area contributed by atoms with E-state index < -0.39 is 20.4 Å². The van der Waals surface area contributed by atoms with Crippen LogP contribution in [-0.2, 0) is 38.4 Å². The zero-order valence-corrected chi connectivity index (χ0v) is 30.8. The third kappa shape index (κ3) is 8.00. The topological polar surface area (TPSA) is 131 Å². The molecule has 6 rings (SSSR count). The fourth-order valence-corrected chi connectivity index (χ4v) is 7.95. The van der Waals surface area contributed by atoms with Crippen molar-refractivity contribution in [1.29, 1.82) is 0 Å². The van der Waals surface area contributed by atoms with E-state index in [4.69, 9.17) is 38.1 Å². The van der Waals surface area contributed by atoms with Crippen LogP contribution in [0.3, 0.4) is 0 Å². The van der Waals surface area contributed by atoms with Crippen molar-refractivity contribution < 1.29 is 35.7 Å². The highest BCUT2D eigenvalue weighted by atomic mass is 35.7. The monoisotopic (exact) mass is 746 g/mol. The van der Waals surface area contributed by atoms with E-state index in [0.717, 1.165) is 54.3 Å². The maximum atomic E-state index is 12.8. The molecule has 2 amide bonds. The molecular weight excluding hydrogens is 711 g/mol. The number of nitrogens with zero attached hydrogens (tertiary/aromatic N) is 2. The average Bonchev–Trinajstić information content (AvgIpc) is 3.72. The zero-order chi connectivity index (χ0) is 35.0. The van der Waals surface area contributed by atoms with E-state index in [1.165, 1.54) is 7.11 Å². The molecule has 10 nitrogen and oxygen atoms in total. The fraction of sp³-hybridized carbons (Fsp3) is 0.438. The Labute approximate surface area is 292 Å². The summed E-state index contributed by atoms with van der Waals surface area (Å²) in [7, 11) is 0.655. The Kier molecular flexibility index (Phi) is 11.8. The van der Waals surface area contributed by atoms with Gasteiger partial charge in [0.25, 0.3) is 22.1 Å². The van der Waals surface area contributed by atoms with Crippen LogP contribution >= 0.6 is 33.9 Å². The van der Waals surface area contributed by atoms with E-state index in [-0.39, 0.29) is 41.0 Å². The highest BCUT2D eigenvalue weighted by Gasteiger charge is 2.46. The third-order valence-corrected chi connectivity index (χ3v) is 10.0. The molecular formula is C32H37Cl3N2O8S2. The second kappa shape index (κ2) is 14.9. The molecule has 0 aromatic heterocycles. The molecule has 4 aliphatic heterocycles. The number of halogens is 3. The van der Waals surface area contributed by atoms with Gasteiger partial charge < -0.3 is 19.1 Å². The molecule has 2 fully saturated rings. The van der Waals surface area contributed by atoms with E-state index in [1.807, 2.05) is 45.9 Å². The molecule has 0 spiro atoms. The Bertz CT molecular complexity index is 1760. The van der Waals surface area contributed by atoms with Crippen molar-refractivity contribution in [2.75, 3.05) is 26.5 Å². The van der Waals surface area contributed by atoms with Gasteiger partial charge in [0.05, 0.1) is 36.6 Å². The first-order chi connectivity index (χ1) is 22.0. The first kappa shape index (κ1) is 37.2. The second-order valence-corrected chi connectivity index (χ2v) is 15.7. The molecule has 0 saturated carbocycles. The predicted octanol–water partition coefficient (Wildman–Crippen LogP) is 6.33. The molecule has 2 aromatic rings. The minimum absolute atomic E-state index is 0.0890. The Morgan fingerprint density at radius 2 is 1.26 bits per heavy atom. The van der Waals surface area contributed by atoms with Crippen LogP contribution < -0.4 is 0 Å². The zero-order valence-electron chi connectivity index (χ0n) is 26.9. The number of aliphatic hydroxyl groups excluding tert-OH is 1. The van der Waals surface area contributed by atoms with Gasteiger partial charge in [0.1, 0.15) is 5.76 Å². The smallest absolute Gasteiger partial charge is 0.306 e. The largest absolute Gasteiger partial charge is 0.509 e. The van der Waals surface area contributed by atoms with E-state index in [0.29, 0.717) is 39.7 Å². The number of amides is 2. The number of aryl methyl sites for hydroxylation is 4. The summed E-state index contributed by atoms with van der Waals surface area (Å²) in [5, 5.41) is 11.3. The van der Waals surface area contributed by atoms with E-state index in [1.54, 1.807) is 15.9 Å². The van der Waals surface area contributed by atoms with E-state index >= 15 is 0 Å². The summed E-state index contributed by atoms with van der Waals surface area (Å²) in [6, 6.07) is 7.05. The number of rotatable bonds is 5. The minimum atomic E-state index is -3.72. The SMILES string of the molecule is COS(=O)Cl.Cc1cc(C)c(C2=C(O)C3CCCN3C2=O)c(Cl)c1.Cc1cc(C)c(C2=C(OS(C)(=O)=O)C3CCCN3C2=O)c(Cl)c1. The molecule has 2 saturated heterocycles. The quantitative estimate of drug-likeness (QED) is 0.278. The standard InChI is InChI=1S/C16H18ClNO4S.C15H16ClNO2.CH3ClO2S/c1-9-7-10(2)13(11(17)8-9)14-15(22-23(3,20)21)12-5-4-6-18(12)16(14)19;1-8-6-9(2)12(10(16)7-8)13-14(18)11-4-3-5-17(11)15(13)19;1-4-5(2)3/h7-8,12H,4-6H2,1-3H3;6-7,11,18H,3-5H2,1-2H3;1H3. The van der Waals surface area contributed by atoms with Crippen molar-refractivity contribution in [3.8, 4) is 0 Å². The summed E-state index contributed by atoms with van der Waals surface area (Å²) < 4.78 is 42.0. The molecule has 47 heavy (non-hydrogen) atoms. The molecule has 3 atom stereocenters. The van der Waals surface area contributed by atoms with Gasteiger partial charge in [-0.25, -0.2) is 4.21 Å². The summed E-state index contributed by atoms with van der Waals surface area (Å²) in [5.41, 5.74) is 5.72. The van der Waals surface area contributed by atoms with Crippen LogP contribution in [0.15, 0.2) is 35.8 Å². The van der Waals surface area contributed by atoms with Crippen LogP contribution in [0.2, 0.25) is 10.0 Å². The van der Waals surface area contributed by atoms with Crippen molar-refractivity contribution in [2.45, 2.75) is 65.5 Å². The van der Waals surface area contributed by atoms with Crippen LogP contribution in [0.1, 0.15) is 59.1 Å². The Morgan fingerprint density at radius 3 is 1.68 bits per heavy atom. The predicted molar refractivity (Wildman–Crippen MR) is 185 cm³/mol. The maximum Gasteiger partial charge on any atom is 0.306 e. The molecule has 15 heteroatoms. The van der Waals surface area contributed by atoms with Crippen molar-refractivity contribution in [3.63, 3.8) is 0 Å². The van der Waals surface area contributed by atoms with Crippen molar-refractivity contribution in [3.05, 3.63) is 79.2 Å². The summed E-state index contributed by atoms with van der Waals surface area (Å²) >= 11 is 12.6. The first-order valence-electron chi connectivity index (χ1n) is 14.8.